The van der Waals surface area contributed by atoms with Crippen molar-refractivity contribution in [3.05, 3.63) is 71.8 Å². The molecule has 0 spiro atoms. The van der Waals surface area contributed by atoms with Crippen molar-refractivity contribution >= 4 is 17.7 Å². The van der Waals surface area contributed by atoms with Crippen molar-refractivity contribution in [2.24, 2.45) is 11.7 Å². The molecule has 1 fully saturated rings. The van der Waals surface area contributed by atoms with E-state index in [-0.39, 0.29) is 23.9 Å². The second-order valence-corrected chi connectivity index (χ2v) is 8.17. The summed E-state index contributed by atoms with van der Waals surface area (Å²) in [6, 6.07) is 20.1. The van der Waals surface area contributed by atoms with Crippen LogP contribution in [0, 0.1) is 5.92 Å². The number of benzene rings is 2. The smallest absolute Gasteiger partial charge is 0.227 e. The largest absolute Gasteiger partial charge is 0.333 e. The molecule has 0 radical (unpaired) electrons. The van der Waals surface area contributed by atoms with Gasteiger partial charge in [0.15, 0.2) is 0 Å². The first-order chi connectivity index (χ1) is 12.1. The molecule has 1 aliphatic heterocycles. The Labute approximate surface area is 154 Å². The Balaban J connectivity index is 1.83. The minimum Gasteiger partial charge on any atom is -0.333 e. The normalized spacial score (nSPS) is 23.1. The van der Waals surface area contributed by atoms with Gasteiger partial charge in [-0.3, -0.25) is 4.79 Å². The van der Waals surface area contributed by atoms with Crippen LogP contribution in [0.1, 0.15) is 37.1 Å². The van der Waals surface area contributed by atoms with E-state index in [9.17, 15) is 4.79 Å². The number of carbonyl (C=O) groups is 1. The van der Waals surface area contributed by atoms with E-state index in [4.69, 9.17) is 5.73 Å². The van der Waals surface area contributed by atoms with Gasteiger partial charge in [-0.25, -0.2) is 0 Å². The number of hydrogen-bond donors (Lipinski definition) is 1. The van der Waals surface area contributed by atoms with E-state index in [1.54, 1.807) is 0 Å². The number of nitrogens with zero attached hydrogens (tertiary/aromatic N) is 1. The zero-order chi connectivity index (χ0) is 17.8. The summed E-state index contributed by atoms with van der Waals surface area (Å²) in [5, 5.41) is 0.375. The SMILES string of the molecule is CC1SCCN(C(=O)C(C)C(N)c2ccccc2)C1c1ccccc1. The van der Waals surface area contributed by atoms with Crippen LogP contribution in [-0.2, 0) is 4.79 Å². The fourth-order valence-corrected chi connectivity index (χ4v) is 4.71. The predicted molar refractivity (Wildman–Crippen MR) is 105 cm³/mol. The number of carbonyl (C=O) groups excluding carboxylic acids is 1. The lowest BCUT2D eigenvalue weighted by atomic mass is 9.92. The lowest BCUT2D eigenvalue weighted by Crippen LogP contribution is -2.47. The topological polar surface area (TPSA) is 46.3 Å². The van der Waals surface area contributed by atoms with Crippen molar-refractivity contribution < 1.29 is 4.79 Å². The second-order valence-electron chi connectivity index (χ2n) is 6.69. The van der Waals surface area contributed by atoms with Crippen LogP contribution >= 0.6 is 11.8 Å². The maximum Gasteiger partial charge on any atom is 0.227 e. The third-order valence-corrected chi connectivity index (χ3v) is 6.23. The molecule has 3 rings (SSSR count). The molecular formula is C21H26N2OS. The summed E-state index contributed by atoms with van der Waals surface area (Å²) in [5.41, 5.74) is 8.63. The molecule has 4 heteroatoms. The molecule has 25 heavy (non-hydrogen) atoms. The molecule has 132 valence electrons. The number of rotatable bonds is 4. The lowest BCUT2D eigenvalue weighted by molar-refractivity contribution is -0.138. The van der Waals surface area contributed by atoms with Gasteiger partial charge in [-0.15, -0.1) is 0 Å². The van der Waals surface area contributed by atoms with Crippen molar-refractivity contribution in [1.29, 1.82) is 0 Å². The summed E-state index contributed by atoms with van der Waals surface area (Å²) in [6.07, 6.45) is 0. The van der Waals surface area contributed by atoms with Gasteiger partial charge in [0.25, 0.3) is 0 Å². The molecule has 1 heterocycles. The van der Waals surface area contributed by atoms with E-state index < -0.39 is 0 Å². The average molecular weight is 355 g/mol. The van der Waals surface area contributed by atoms with Crippen molar-refractivity contribution in [2.75, 3.05) is 12.3 Å². The Morgan fingerprint density at radius 1 is 1.12 bits per heavy atom. The fraction of sp³-hybridized carbons (Fsp3) is 0.381. The van der Waals surface area contributed by atoms with Crippen LogP contribution in [0.2, 0.25) is 0 Å². The Morgan fingerprint density at radius 3 is 2.36 bits per heavy atom. The monoisotopic (exact) mass is 354 g/mol. The summed E-state index contributed by atoms with van der Waals surface area (Å²) in [7, 11) is 0. The van der Waals surface area contributed by atoms with Crippen LogP contribution < -0.4 is 5.73 Å². The molecule has 2 aromatic rings. The van der Waals surface area contributed by atoms with Gasteiger partial charge in [-0.05, 0) is 11.1 Å². The summed E-state index contributed by atoms with van der Waals surface area (Å²) in [4.78, 5) is 15.3. The van der Waals surface area contributed by atoms with Gasteiger partial charge in [0.2, 0.25) is 5.91 Å². The van der Waals surface area contributed by atoms with Gasteiger partial charge in [-0.1, -0.05) is 74.5 Å². The maximum absolute atomic E-state index is 13.3. The van der Waals surface area contributed by atoms with Gasteiger partial charge < -0.3 is 10.6 Å². The first kappa shape index (κ1) is 18.0. The highest BCUT2D eigenvalue weighted by molar-refractivity contribution is 8.00. The van der Waals surface area contributed by atoms with E-state index in [2.05, 4.69) is 19.1 Å². The number of nitrogens with two attached hydrogens (primary N) is 1. The first-order valence-electron chi connectivity index (χ1n) is 8.87. The highest BCUT2D eigenvalue weighted by Gasteiger charge is 2.36. The summed E-state index contributed by atoms with van der Waals surface area (Å²) in [6.45, 7) is 4.94. The molecule has 1 aliphatic rings. The Hall–Kier alpha value is -1.78. The highest BCUT2D eigenvalue weighted by atomic mass is 32.2. The molecule has 4 atom stereocenters. The molecule has 0 aliphatic carbocycles. The minimum absolute atomic E-state index is 0.109. The average Bonchev–Trinajstić information content (AvgIpc) is 2.67. The quantitative estimate of drug-likeness (QED) is 0.902. The van der Waals surface area contributed by atoms with Crippen LogP contribution in [0.4, 0.5) is 0 Å². The van der Waals surface area contributed by atoms with Crippen LogP contribution in [0.5, 0.6) is 0 Å². The van der Waals surface area contributed by atoms with E-state index in [1.165, 1.54) is 5.56 Å². The second kappa shape index (κ2) is 8.07. The molecule has 4 unspecified atom stereocenters. The van der Waals surface area contributed by atoms with Crippen LogP contribution in [0.3, 0.4) is 0 Å². The summed E-state index contributed by atoms with van der Waals surface area (Å²) < 4.78 is 0. The molecule has 2 N–H and O–H groups in total. The Morgan fingerprint density at radius 2 is 1.72 bits per heavy atom. The summed E-state index contributed by atoms with van der Waals surface area (Å²) >= 11 is 1.93. The lowest BCUT2D eigenvalue weighted by Gasteiger charge is -2.42. The number of hydrogen-bond acceptors (Lipinski definition) is 3. The van der Waals surface area contributed by atoms with Crippen molar-refractivity contribution in [1.82, 2.24) is 4.90 Å². The van der Waals surface area contributed by atoms with Gasteiger partial charge in [0.1, 0.15) is 0 Å². The van der Waals surface area contributed by atoms with Crippen molar-refractivity contribution in [3.8, 4) is 0 Å². The zero-order valence-electron chi connectivity index (χ0n) is 14.8. The molecule has 0 saturated carbocycles. The van der Waals surface area contributed by atoms with E-state index in [0.29, 0.717) is 5.25 Å². The van der Waals surface area contributed by atoms with Crippen LogP contribution in [0.25, 0.3) is 0 Å². The van der Waals surface area contributed by atoms with E-state index in [1.807, 2.05) is 72.1 Å². The van der Waals surface area contributed by atoms with Crippen LogP contribution in [0.15, 0.2) is 60.7 Å². The number of amides is 1. The van der Waals surface area contributed by atoms with Gasteiger partial charge in [-0.2, -0.15) is 11.8 Å². The molecule has 1 amide bonds. The van der Waals surface area contributed by atoms with Crippen molar-refractivity contribution in [3.63, 3.8) is 0 Å². The standard InChI is InChI=1S/C21H26N2OS/c1-15(19(22)17-9-5-3-6-10-17)21(24)23-13-14-25-16(2)20(23)18-11-7-4-8-12-18/h3-12,15-16,19-20H,13-14,22H2,1-2H3. The molecule has 2 aromatic carbocycles. The third-order valence-electron chi connectivity index (χ3n) is 5.03. The van der Waals surface area contributed by atoms with Gasteiger partial charge >= 0.3 is 0 Å². The minimum atomic E-state index is -0.282. The van der Waals surface area contributed by atoms with Crippen molar-refractivity contribution in [2.45, 2.75) is 31.2 Å². The van der Waals surface area contributed by atoms with Gasteiger partial charge in [0, 0.05) is 23.6 Å². The molecule has 3 nitrogen and oxygen atoms in total. The molecular weight excluding hydrogens is 328 g/mol. The molecule has 0 aromatic heterocycles. The Kier molecular flexibility index (Phi) is 5.82. The van der Waals surface area contributed by atoms with Gasteiger partial charge in [0.05, 0.1) is 12.0 Å². The fourth-order valence-electron chi connectivity index (χ4n) is 3.55. The third kappa shape index (κ3) is 3.91. The first-order valence-corrected chi connectivity index (χ1v) is 9.92. The zero-order valence-corrected chi connectivity index (χ0v) is 15.7. The van der Waals surface area contributed by atoms with E-state index in [0.717, 1.165) is 17.9 Å². The predicted octanol–water partition coefficient (Wildman–Crippen LogP) is 4.03. The molecule has 1 saturated heterocycles. The number of thioether (sulfide) groups is 1. The molecule has 0 bridgehead atoms. The van der Waals surface area contributed by atoms with Crippen LogP contribution in [-0.4, -0.2) is 28.4 Å². The Bertz CT molecular complexity index is 692. The van der Waals surface area contributed by atoms with E-state index >= 15 is 0 Å². The highest BCUT2D eigenvalue weighted by Crippen LogP contribution is 2.37. The maximum atomic E-state index is 13.3. The summed E-state index contributed by atoms with van der Waals surface area (Å²) in [5.74, 6) is 0.880.